The molecular weight excluding hydrogens is 246 g/mol. The fraction of sp³-hybridized carbons (Fsp3) is 1.00. The molecule has 0 amide bonds. The minimum atomic E-state index is 0.466. The maximum atomic E-state index is 5.63. The molecule has 82 valence electrons. The van der Waals surface area contributed by atoms with Crippen LogP contribution in [0.3, 0.4) is 0 Å². The van der Waals surface area contributed by atoms with Crippen molar-refractivity contribution in [3.8, 4) is 0 Å². The molecule has 2 unspecified atom stereocenters. The van der Waals surface area contributed by atoms with Gasteiger partial charge in [-0.1, -0.05) is 15.9 Å². The summed E-state index contributed by atoms with van der Waals surface area (Å²) in [5.41, 5.74) is 0. The van der Waals surface area contributed by atoms with Crippen molar-refractivity contribution >= 4 is 15.9 Å². The molecule has 0 aromatic rings. The molecule has 0 spiro atoms. The molecule has 14 heavy (non-hydrogen) atoms. The summed E-state index contributed by atoms with van der Waals surface area (Å²) in [6, 6.07) is 0. The van der Waals surface area contributed by atoms with Crippen LogP contribution in [0.15, 0.2) is 0 Å². The maximum Gasteiger partial charge on any atom is 0.0702 e. The summed E-state index contributed by atoms with van der Waals surface area (Å²) in [6.45, 7) is 5.84. The Kier molecular flexibility index (Phi) is 4.23. The third-order valence-corrected chi connectivity index (χ3v) is 3.35. The molecule has 3 nitrogen and oxygen atoms in total. The lowest BCUT2D eigenvalue weighted by Crippen LogP contribution is -2.36. The monoisotopic (exact) mass is 263 g/mol. The quantitative estimate of drug-likeness (QED) is 0.701. The topological polar surface area (TPSA) is 21.7 Å². The van der Waals surface area contributed by atoms with Crippen LogP contribution in [0.1, 0.15) is 12.8 Å². The van der Waals surface area contributed by atoms with Crippen LogP contribution in [0.5, 0.6) is 0 Å². The van der Waals surface area contributed by atoms with E-state index in [4.69, 9.17) is 9.47 Å². The summed E-state index contributed by atoms with van der Waals surface area (Å²) in [7, 11) is 0. The van der Waals surface area contributed by atoms with E-state index in [0.29, 0.717) is 10.9 Å². The van der Waals surface area contributed by atoms with Gasteiger partial charge in [-0.2, -0.15) is 0 Å². The number of hydrogen-bond donors (Lipinski definition) is 0. The smallest absolute Gasteiger partial charge is 0.0702 e. The Hall–Kier alpha value is 0.360. The Morgan fingerprint density at radius 1 is 1.36 bits per heavy atom. The van der Waals surface area contributed by atoms with Gasteiger partial charge in [-0.25, -0.2) is 0 Å². The third-order valence-electron chi connectivity index (χ3n) is 2.79. The van der Waals surface area contributed by atoms with Crippen LogP contribution in [0, 0.1) is 0 Å². The van der Waals surface area contributed by atoms with Crippen LogP contribution in [-0.4, -0.2) is 55.3 Å². The van der Waals surface area contributed by atoms with E-state index in [1.54, 1.807) is 0 Å². The fourth-order valence-electron chi connectivity index (χ4n) is 2.07. The van der Waals surface area contributed by atoms with E-state index in [0.717, 1.165) is 39.5 Å². The summed E-state index contributed by atoms with van der Waals surface area (Å²) < 4.78 is 11.1. The largest absolute Gasteiger partial charge is 0.379 e. The zero-order chi connectivity index (χ0) is 9.80. The highest BCUT2D eigenvalue weighted by molar-refractivity contribution is 9.09. The van der Waals surface area contributed by atoms with Crippen molar-refractivity contribution in [2.24, 2.45) is 0 Å². The normalized spacial score (nSPS) is 35.8. The van der Waals surface area contributed by atoms with Crippen LogP contribution >= 0.6 is 15.9 Å². The summed E-state index contributed by atoms with van der Waals surface area (Å²) in [4.78, 5) is 2.92. The van der Waals surface area contributed by atoms with E-state index >= 15 is 0 Å². The molecule has 2 fully saturated rings. The first kappa shape index (κ1) is 10.9. The minimum Gasteiger partial charge on any atom is -0.379 e. The number of rotatable bonds is 2. The van der Waals surface area contributed by atoms with Gasteiger partial charge in [0.25, 0.3) is 0 Å². The van der Waals surface area contributed by atoms with E-state index in [-0.39, 0.29) is 0 Å². The van der Waals surface area contributed by atoms with Crippen molar-refractivity contribution in [3.63, 3.8) is 0 Å². The Labute approximate surface area is 93.9 Å². The molecule has 2 aliphatic rings. The van der Waals surface area contributed by atoms with Crippen molar-refractivity contribution in [2.45, 2.75) is 23.8 Å². The summed E-state index contributed by atoms with van der Waals surface area (Å²) >= 11 is 3.62. The summed E-state index contributed by atoms with van der Waals surface area (Å²) in [5.74, 6) is 0. The molecule has 4 heteroatoms. The molecule has 0 radical (unpaired) electrons. The van der Waals surface area contributed by atoms with E-state index in [1.165, 1.54) is 12.8 Å². The number of hydrogen-bond acceptors (Lipinski definition) is 3. The molecule has 0 aliphatic carbocycles. The van der Waals surface area contributed by atoms with Gasteiger partial charge in [-0.05, 0) is 12.8 Å². The number of ether oxygens (including phenoxy) is 2. The Bertz CT molecular complexity index is 174. The van der Waals surface area contributed by atoms with Crippen molar-refractivity contribution in [3.05, 3.63) is 0 Å². The number of halogens is 1. The first-order valence-electron chi connectivity index (χ1n) is 5.40. The molecule has 2 aliphatic heterocycles. The van der Waals surface area contributed by atoms with Crippen LogP contribution in [-0.2, 0) is 9.47 Å². The Morgan fingerprint density at radius 2 is 2.29 bits per heavy atom. The van der Waals surface area contributed by atoms with Crippen molar-refractivity contribution in [2.75, 3.05) is 39.5 Å². The highest BCUT2D eigenvalue weighted by Gasteiger charge is 2.22. The lowest BCUT2D eigenvalue weighted by Gasteiger charge is -2.23. The minimum absolute atomic E-state index is 0.466. The second-order valence-electron chi connectivity index (χ2n) is 4.07. The van der Waals surface area contributed by atoms with Gasteiger partial charge in [0.1, 0.15) is 0 Å². The SMILES string of the molecule is BrC1COCCN(CC2CCCO2)C1. The first-order chi connectivity index (χ1) is 6.84. The first-order valence-corrected chi connectivity index (χ1v) is 6.32. The molecule has 2 heterocycles. The number of alkyl halides is 1. The molecule has 0 bridgehead atoms. The summed E-state index contributed by atoms with van der Waals surface area (Å²) in [6.07, 6.45) is 2.92. The van der Waals surface area contributed by atoms with Crippen LogP contribution < -0.4 is 0 Å². The van der Waals surface area contributed by atoms with Crippen molar-refractivity contribution in [1.29, 1.82) is 0 Å². The molecule has 2 saturated heterocycles. The van der Waals surface area contributed by atoms with Gasteiger partial charge in [0.15, 0.2) is 0 Å². The van der Waals surface area contributed by atoms with E-state index < -0.39 is 0 Å². The van der Waals surface area contributed by atoms with Crippen LogP contribution in [0.4, 0.5) is 0 Å². The van der Waals surface area contributed by atoms with Crippen molar-refractivity contribution in [1.82, 2.24) is 4.90 Å². The predicted molar refractivity (Wildman–Crippen MR) is 58.9 cm³/mol. The lowest BCUT2D eigenvalue weighted by molar-refractivity contribution is 0.0707. The maximum absolute atomic E-state index is 5.63. The van der Waals surface area contributed by atoms with E-state index in [9.17, 15) is 0 Å². The average Bonchev–Trinajstić information content (AvgIpc) is 2.56. The zero-order valence-electron chi connectivity index (χ0n) is 8.45. The molecule has 0 aromatic carbocycles. The Morgan fingerprint density at radius 3 is 3.07 bits per heavy atom. The summed E-state index contributed by atoms with van der Waals surface area (Å²) in [5, 5.41) is 0. The average molecular weight is 264 g/mol. The van der Waals surface area contributed by atoms with E-state index in [1.807, 2.05) is 0 Å². The molecular formula is C10H18BrNO2. The van der Waals surface area contributed by atoms with Gasteiger partial charge in [0, 0.05) is 26.2 Å². The van der Waals surface area contributed by atoms with Crippen molar-refractivity contribution < 1.29 is 9.47 Å². The zero-order valence-corrected chi connectivity index (χ0v) is 10.0. The standard InChI is InChI=1S/C10H18BrNO2/c11-9-6-12(3-5-13-8-9)7-10-2-1-4-14-10/h9-10H,1-8H2. The third kappa shape index (κ3) is 3.19. The van der Waals surface area contributed by atoms with Crippen LogP contribution in [0.25, 0.3) is 0 Å². The fourth-order valence-corrected chi connectivity index (χ4v) is 2.67. The Balaban J connectivity index is 1.77. The van der Waals surface area contributed by atoms with Gasteiger partial charge < -0.3 is 9.47 Å². The highest BCUT2D eigenvalue weighted by atomic mass is 79.9. The van der Waals surface area contributed by atoms with Gasteiger partial charge in [0.05, 0.1) is 24.1 Å². The van der Waals surface area contributed by atoms with Gasteiger partial charge >= 0.3 is 0 Å². The molecule has 0 N–H and O–H groups in total. The second-order valence-corrected chi connectivity index (χ2v) is 5.36. The molecule has 2 rings (SSSR count). The van der Waals surface area contributed by atoms with Crippen LogP contribution in [0.2, 0.25) is 0 Å². The lowest BCUT2D eigenvalue weighted by atomic mass is 10.2. The molecule has 0 saturated carbocycles. The molecule has 2 atom stereocenters. The highest BCUT2D eigenvalue weighted by Crippen LogP contribution is 2.15. The second kappa shape index (κ2) is 5.45. The number of nitrogens with zero attached hydrogens (tertiary/aromatic N) is 1. The van der Waals surface area contributed by atoms with Gasteiger partial charge in [-0.3, -0.25) is 4.90 Å². The van der Waals surface area contributed by atoms with E-state index in [2.05, 4.69) is 20.8 Å². The van der Waals surface area contributed by atoms with Gasteiger partial charge in [0.2, 0.25) is 0 Å². The molecule has 0 aromatic heterocycles. The predicted octanol–water partition coefficient (Wildman–Crippen LogP) is 1.26. The van der Waals surface area contributed by atoms with Gasteiger partial charge in [-0.15, -0.1) is 0 Å².